The molecular formula is C19H17N5O2S. The Morgan fingerprint density at radius 3 is 2.81 bits per heavy atom. The zero-order valence-electron chi connectivity index (χ0n) is 14.5. The topological polar surface area (TPSA) is 99.0 Å². The van der Waals surface area contributed by atoms with Gasteiger partial charge in [-0.05, 0) is 24.4 Å². The van der Waals surface area contributed by atoms with Crippen LogP contribution in [0.3, 0.4) is 0 Å². The van der Waals surface area contributed by atoms with E-state index in [1.807, 2.05) is 49.4 Å². The van der Waals surface area contributed by atoms with E-state index in [-0.39, 0.29) is 11.7 Å². The molecule has 0 aliphatic rings. The van der Waals surface area contributed by atoms with E-state index >= 15 is 0 Å². The zero-order chi connectivity index (χ0) is 18.8. The van der Waals surface area contributed by atoms with Crippen LogP contribution in [0.2, 0.25) is 0 Å². The largest absolute Gasteiger partial charge is 0.469 e. The molecule has 0 fully saturated rings. The minimum absolute atomic E-state index is 0.139. The maximum Gasteiger partial charge on any atom is 0.234 e. The predicted molar refractivity (Wildman–Crippen MR) is 106 cm³/mol. The fourth-order valence-electron chi connectivity index (χ4n) is 2.83. The Kier molecular flexibility index (Phi) is 4.55. The number of hydrogen-bond donors (Lipinski definition) is 2. The van der Waals surface area contributed by atoms with Crippen LogP contribution < -0.4 is 11.2 Å². The van der Waals surface area contributed by atoms with Crippen LogP contribution in [-0.2, 0) is 4.79 Å². The summed E-state index contributed by atoms with van der Waals surface area (Å²) in [5, 5.41) is 13.6. The second-order valence-electron chi connectivity index (χ2n) is 5.93. The first kappa shape index (κ1) is 17.2. The fraction of sp³-hybridized carbons (Fsp3) is 0.105. The molecule has 2 aromatic heterocycles. The quantitative estimate of drug-likeness (QED) is 0.407. The predicted octanol–water partition coefficient (Wildman–Crippen LogP) is 3.44. The van der Waals surface area contributed by atoms with Gasteiger partial charge in [0, 0.05) is 11.1 Å². The highest BCUT2D eigenvalue weighted by Crippen LogP contribution is 2.26. The number of nitrogens with one attached hydrogen (secondary N) is 1. The number of aryl methyl sites for hydroxylation is 1. The van der Waals surface area contributed by atoms with Gasteiger partial charge >= 0.3 is 0 Å². The summed E-state index contributed by atoms with van der Waals surface area (Å²) in [4.78, 5) is 12.4. The molecule has 0 radical (unpaired) electrons. The molecule has 7 nitrogen and oxygen atoms in total. The molecule has 8 heteroatoms. The van der Waals surface area contributed by atoms with Crippen molar-refractivity contribution in [1.29, 1.82) is 0 Å². The number of aromatic nitrogens is 3. The van der Waals surface area contributed by atoms with Crippen molar-refractivity contribution in [1.82, 2.24) is 14.9 Å². The average Bonchev–Trinajstić information content (AvgIpc) is 3.25. The van der Waals surface area contributed by atoms with E-state index in [0.717, 1.165) is 22.0 Å². The second kappa shape index (κ2) is 7.16. The standard InChI is InChI=1S/C19H17N5O2S/c1-12-14(9-10-26-12)18-22-23-19(24(18)20)27-11-17(25)21-16-8-4-6-13-5-2-3-7-15(13)16/h2-10H,11,20H2,1H3,(H,21,25). The Morgan fingerprint density at radius 2 is 2.00 bits per heavy atom. The first-order valence-corrected chi connectivity index (χ1v) is 9.27. The van der Waals surface area contributed by atoms with Gasteiger partial charge < -0.3 is 15.6 Å². The molecule has 27 heavy (non-hydrogen) atoms. The van der Waals surface area contributed by atoms with Crippen molar-refractivity contribution in [2.75, 3.05) is 16.9 Å². The van der Waals surface area contributed by atoms with Gasteiger partial charge in [-0.3, -0.25) is 4.79 Å². The third-order valence-corrected chi connectivity index (χ3v) is 5.10. The summed E-state index contributed by atoms with van der Waals surface area (Å²) in [7, 11) is 0. The van der Waals surface area contributed by atoms with E-state index in [9.17, 15) is 4.79 Å². The van der Waals surface area contributed by atoms with Crippen LogP contribution >= 0.6 is 11.8 Å². The van der Waals surface area contributed by atoms with Crippen molar-refractivity contribution in [3.63, 3.8) is 0 Å². The molecule has 2 aromatic carbocycles. The van der Waals surface area contributed by atoms with E-state index in [1.54, 1.807) is 12.3 Å². The van der Waals surface area contributed by atoms with Crippen LogP contribution in [0.1, 0.15) is 5.76 Å². The summed E-state index contributed by atoms with van der Waals surface area (Å²) in [5.74, 6) is 7.31. The molecule has 0 bridgehead atoms. The molecule has 4 aromatic rings. The summed E-state index contributed by atoms with van der Waals surface area (Å²) in [6.45, 7) is 1.83. The van der Waals surface area contributed by atoms with Crippen molar-refractivity contribution in [2.24, 2.45) is 0 Å². The molecule has 0 aliphatic heterocycles. The third kappa shape index (κ3) is 3.39. The van der Waals surface area contributed by atoms with Gasteiger partial charge in [-0.25, -0.2) is 4.68 Å². The number of furan rings is 1. The number of anilines is 1. The van der Waals surface area contributed by atoms with Gasteiger partial charge in [-0.15, -0.1) is 10.2 Å². The highest BCUT2D eigenvalue weighted by atomic mass is 32.2. The number of nitrogen functional groups attached to an aromatic ring is 1. The SMILES string of the molecule is Cc1occc1-c1nnc(SCC(=O)Nc2cccc3ccccc23)n1N. The van der Waals surface area contributed by atoms with E-state index in [2.05, 4.69) is 15.5 Å². The molecule has 0 unspecified atom stereocenters. The molecular weight excluding hydrogens is 362 g/mol. The Bertz CT molecular complexity index is 1110. The van der Waals surface area contributed by atoms with E-state index in [1.165, 1.54) is 16.4 Å². The van der Waals surface area contributed by atoms with Crippen molar-refractivity contribution in [2.45, 2.75) is 12.1 Å². The van der Waals surface area contributed by atoms with Crippen LogP contribution in [0.5, 0.6) is 0 Å². The number of thioether (sulfide) groups is 1. The molecule has 0 aliphatic carbocycles. The van der Waals surface area contributed by atoms with Crippen molar-refractivity contribution < 1.29 is 9.21 Å². The van der Waals surface area contributed by atoms with E-state index in [4.69, 9.17) is 10.3 Å². The minimum atomic E-state index is -0.139. The Balaban J connectivity index is 1.46. The summed E-state index contributed by atoms with van der Waals surface area (Å²) in [6.07, 6.45) is 1.57. The molecule has 0 saturated heterocycles. The molecule has 0 saturated carbocycles. The van der Waals surface area contributed by atoms with Crippen molar-refractivity contribution in [3.05, 3.63) is 60.6 Å². The van der Waals surface area contributed by atoms with Crippen LogP contribution in [0.25, 0.3) is 22.2 Å². The van der Waals surface area contributed by atoms with Gasteiger partial charge in [0.05, 0.1) is 17.6 Å². The second-order valence-corrected chi connectivity index (χ2v) is 6.87. The lowest BCUT2D eigenvalue weighted by Crippen LogP contribution is -2.16. The third-order valence-electron chi connectivity index (χ3n) is 4.16. The molecule has 0 spiro atoms. The van der Waals surface area contributed by atoms with E-state index < -0.39 is 0 Å². The molecule has 2 heterocycles. The maximum atomic E-state index is 12.4. The van der Waals surface area contributed by atoms with Crippen molar-refractivity contribution >= 4 is 34.1 Å². The number of fused-ring (bicyclic) bond motifs is 1. The summed E-state index contributed by atoms with van der Waals surface area (Å²) < 4.78 is 6.64. The maximum absolute atomic E-state index is 12.4. The first-order valence-electron chi connectivity index (χ1n) is 8.29. The van der Waals surface area contributed by atoms with Gasteiger partial charge in [-0.2, -0.15) is 0 Å². The molecule has 4 rings (SSSR count). The normalized spacial score (nSPS) is 11.0. The Morgan fingerprint density at radius 1 is 1.19 bits per heavy atom. The van der Waals surface area contributed by atoms with Gasteiger partial charge in [0.1, 0.15) is 5.76 Å². The zero-order valence-corrected chi connectivity index (χ0v) is 15.4. The van der Waals surface area contributed by atoms with Crippen LogP contribution in [-0.4, -0.2) is 26.5 Å². The lowest BCUT2D eigenvalue weighted by atomic mass is 10.1. The highest BCUT2D eigenvalue weighted by molar-refractivity contribution is 7.99. The Labute approximate surface area is 159 Å². The number of nitrogens with two attached hydrogens (primary N) is 1. The summed E-state index contributed by atoms with van der Waals surface area (Å²) in [5.41, 5.74) is 1.56. The number of rotatable bonds is 5. The smallest absolute Gasteiger partial charge is 0.234 e. The number of benzene rings is 2. The number of hydrogen-bond acceptors (Lipinski definition) is 6. The van der Waals surface area contributed by atoms with Crippen LogP contribution in [0.15, 0.2) is 64.4 Å². The summed E-state index contributed by atoms with van der Waals surface area (Å²) >= 11 is 1.23. The lowest BCUT2D eigenvalue weighted by molar-refractivity contribution is -0.113. The number of amides is 1. The first-order chi connectivity index (χ1) is 13.1. The minimum Gasteiger partial charge on any atom is -0.469 e. The van der Waals surface area contributed by atoms with Gasteiger partial charge in [0.25, 0.3) is 0 Å². The molecule has 1 amide bonds. The van der Waals surface area contributed by atoms with E-state index in [0.29, 0.717) is 16.7 Å². The number of carbonyl (C=O) groups is 1. The number of carbonyl (C=O) groups excluding carboxylic acids is 1. The van der Waals surface area contributed by atoms with Crippen molar-refractivity contribution in [3.8, 4) is 11.4 Å². The molecule has 3 N–H and O–H groups in total. The summed E-state index contributed by atoms with van der Waals surface area (Å²) in [6, 6.07) is 15.5. The lowest BCUT2D eigenvalue weighted by Gasteiger charge is -2.08. The number of nitrogens with zero attached hydrogens (tertiary/aromatic N) is 3. The van der Waals surface area contributed by atoms with Gasteiger partial charge in [-0.1, -0.05) is 48.2 Å². The van der Waals surface area contributed by atoms with Gasteiger partial charge in [0.2, 0.25) is 11.1 Å². The Hall–Kier alpha value is -3.26. The van der Waals surface area contributed by atoms with Crippen LogP contribution in [0, 0.1) is 6.92 Å². The monoisotopic (exact) mass is 379 g/mol. The molecule has 136 valence electrons. The molecule has 0 atom stereocenters. The highest BCUT2D eigenvalue weighted by Gasteiger charge is 2.16. The van der Waals surface area contributed by atoms with Crippen LogP contribution in [0.4, 0.5) is 5.69 Å². The fourth-order valence-corrected chi connectivity index (χ4v) is 3.48. The average molecular weight is 379 g/mol. The van der Waals surface area contributed by atoms with Gasteiger partial charge in [0.15, 0.2) is 5.82 Å².